The molecule has 1 aromatic rings. The quantitative estimate of drug-likeness (QED) is 0.708. The molecule has 0 heterocycles. The van der Waals surface area contributed by atoms with Crippen molar-refractivity contribution in [3.8, 4) is 0 Å². The van der Waals surface area contributed by atoms with Crippen molar-refractivity contribution in [2.24, 2.45) is 5.92 Å². The molecule has 0 saturated heterocycles. The molecular weight excluding hydrogens is 330 g/mol. The summed E-state index contributed by atoms with van der Waals surface area (Å²) < 4.78 is 0. The van der Waals surface area contributed by atoms with Gasteiger partial charge in [-0.25, -0.2) is 0 Å². The zero-order valence-electron chi connectivity index (χ0n) is 16.4. The molecule has 144 valence electrons. The van der Waals surface area contributed by atoms with Crippen molar-refractivity contribution in [3.05, 3.63) is 35.9 Å². The van der Waals surface area contributed by atoms with E-state index in [2.05, 4.69) is 10.6 Å². The van der Waals surface area contributed by atoms with Crippen LogP contribution in [0, 0.1) is 5.92 Å². The van der Waals surface area contributed by atoms with Gasteiger partial charge in [-0.15, -0.1) is 0 Å². The normalized spacial score (nSPS) is 13.0. The highest BCUT2D eigenvalue weighted by molar-refractivity contribution is 5.98. The zero-order valence-corrected chi connectivity index (χ0v) is 16.4. The van der Waals surface area contributed by atoms with E-state index in [0.29, 0.717) is 12.1 Å². The molecule has 0 radical (unpaired) electrons. The van der Waals surface area contributed by atoms with E-state index in [1.807, 2.05) is 40.7 Å². The number of rotatable bonds is 9. The Morgan fingerprint density at radius 2 is 1.62 bits per heavy atom. The fourth-order valence-corrected chi connectivity index (χ4v) is 2.58. The minimum absolute atomic E-state index is 0.0122. The first kappa shape index (κ1) is 21.7. The van der Waals surface area contributed by atoms with Crippen LogP contribution in [0.15, 0.2) is 30.3 Å². The Labute approximate surface area is 156 Å². The van der Waals surface area contributed by atoms with Gasteiger partial charge in [0, 0.05) is 18.2 Å². The third kappa shape index (κ3) is 6.50. The molecule has 0 aliphatic rings. The molecule has 6 nitrogen and oxygen atoms in total. The number of hydrogen-bond acceptors (Lipinski definition) is 3. The van der Waals surface area contributed by atoms with E-state index in [9.17, 15) is 14.4 Å². The summed E-state index contributed by atoms with van der Waals surface area (Å²) in [7, 11) is 0. The molecule has 2 atom stereocenters. The van der Waals surface area contributed by atoms with E-state index < -0.39 is 6.04 Å². The highest BCUT2D eigenvalue weighted by Gasteiger charge is 2.30. The van der Waals surface area contributed by atoms with E-state index >= 15 is 0 Å². The highest BCUT2D eigenvalue weighted by Crippen LogP contribution is 2.12. The van der Waals surface area contributed by atoms with Crippen LogP contribution in [0.25, 0.3) is 0 Å². The van der Waals surface area contributed by atoms with Gasteiger partial charge in [0.05, 0.1) is 6.54 Å². The Morgan fingerprint density at radius 3 is 2.12 bits per heavy atom. The first-order valence-electron chi connectivity index (χ1n) is 9.24. The lowest BCUT2D eigenvalue weighted by Crippen LogP contribution is -2.53. The second-order valence-electron chi connectivity index (χ2n) is 6.78. The molecule has 0 aliphatic carbocycles. The van der Waals surface area contributed by atoms with E-state index in [1.165, 1.54) is 4.90 Å². The average Bonchev–Trinajstić information content (AvgIpc) is 2.62. The highest BCUT2D eigenvalue weighted by atomic mass is 16.2. The topological polar surface area (TPSA) is 78.5 Å². The fraction of sp³-hybridized carbons (Fsp3) is 0.550. The summed E-state index contributed by atoms with van der Waals surface area (Å²) in [5, 5.41) is 5.64. The molecular formula is C20H31N3O3. The number of nitrogens with one attached hydrogen (secondary N) is 2. The second-order valence-corrected chi connectivity index (χ2v) is 6.78. The molecule has 0 aromatic heterocycles. The van der Waals surface area contributed by atoms with Crippen molar-refractivity contribution >= 4 is 17.7 Å². The van der Waals surface area contributed by atoms with Crippen molar-refractivity contribution in [1.29, 1.82) is 0 Å². The lowest BCUT2D eigenvalue weighted by atomic mass is 9.97. The maximum absolute atomic E-state index is 13.0. The molecule has 26 heavy (non-hydrogen) atoms. The number of benzene rings is 1. The monoisotopic (exact) mass is 361 g/mol. The first-order chi connectivity index (χ1) is 12.3. The third-order valence-electron chi connectivity index (χ3n) is 4.28. The average molecular weight is 361 g/mol. The Kier molecular flexibility index (Phi) is 8.82. The number of likely N-dealkylation sites (N-methyl/N-ethyl adjacent to an activating group) is 1. The van der Waals surface area contributed by atoms with Crippen molar-refractivity contribution in [2.75, 3.05) is 13.1 Å². The fourth-order valence-electron chi connectivity index (χ4n) is 2.58. The molecule has 3 amide bonds. The van der Waals surface area contributed by atoms with E-state index in [0.717, 1.165) is 6.42 Å². The third-order valence-corrected chi connectivity index (χ3v) is 4.28. The molecule has 1 aromatic carbocycles. The van der Waals surface area contributed by atoms with Crippen molar-refractivity contribution < 1.29 is 14.4 Å². The van der Waals surface area contributed by atoms with Crippen LogP contribution in [0.2, 0.25) is 0 Å². The minimum atomic E-state index is -0.667. The molecule has 0 spiro atoms. The van der Waals surface area contributed by atoms with Crippen LogP contribution in [-0.4, -0.2) is 47.8 Å². The summed E-state index contributed by atoms with van der Waals surface area (Å²) in [5.41, 5.74) is 0.509. The number of hydrogen-bond donors (Lipinski definition) is 2. The number of nitrogens with zero attached hydrogens (tertiary/aromatic N) is 1. The Bertz CT molecular complexity index is 602. The summed E-state index contributed by atoms with van der Waals surface area (Å²) >= 11 is 0. The van der Waals surface area contributed by atoms with Crippen molar-refractivity contribution in [2.45, 2.75) is 53.1 Å². The van der Waals surface area contributed by atoms with Gasteiger partial charge in [0.2, 0.25) is 11.8 Å². The van der Waals surface area contributed by atoms with Crippen LogP contribution in [0.1, 0.15) is 51.4 Å². The van der Waals surface area contributed by atoms with Crippen molar-refractivity contribution in [1.82, 2.24) is 15.5 Å². The number of carbonyl (C=O) groups is 3. The first-order valence-corrected chi connectivity index (χ1v) is 9.24. The summed E-state index contributed by atoms with van der Waals surface area (Å²) in [6.07, 6.45) is 0.737. The number of carbonyl (C=O) groups excluding carboxylic acids is 3. The lowest BCUT2D eigenvalue weighted by Gasteiger charge is -2.30. The molecule has 1 rings (SSSR count). The zero-order chi connectivity index (χ0) is 19.7. The molecule has 0 fully saturated rings. The smallest absolute Gasteiger partial charge is 0.251 e. The Balaban J connectivity index is 2.90. The van der Waals surface area contributed by atoms with Gasteiger partial charge in [0.25, 0.3) is 5.91 Å². The van der Waals surface area contributed by atoms with Crippen LogP contribution in [0.5, 0.6) is 0 Å². The van der Waals surface area contributed by atoms with Crippen LogP contribution >= 0.6 is 0 Å². The molecule has 2 N–H and O–H groups in total. The van der Waals surface area contributed by atoms with E-state index in [1.54, 1.807) is 24.3 Å². The number of amides is 3. The van der Waals surface area contributed by atoms with Gasteiger partial charge in [-0.05, 0) is 38.8 Å². The van der Waals surface area contributed by atoms with Crippen LogP contribution < -0.4 is 10.6 Å². The van der Waals surface area contributed by atoms with E-state index in [4.69, 9.17) is 0 Å². The Hall–Kier alpha value is -2.37. The van der Waals surface area contributed by atoms with Crippen LogP contribution in [0.4, 0.5) is 0 Å². The van der Waals surface area contributed by atoms with Gasteiger partial charge in [0.1, 0.15) is 6.04 Å². The SMILES string of the molecule is CCC(C)C(NC(=O)c1ccccc1)C(=O)N(CC)CC(=O)NC(C)C. The van der Waals surface area contributed by atoms with Crippen LogP contribution in [0.3, 0.4) is 0 Å². The maximum atomic E-state index is 13.0. The molecule has 6 heteroatoms. The maximum Gasteiger partial charge on any atom is 0.251 e. The van der Waals surface area contributed by atoms with Crippen molar-refractivity contribution in [3.63, 3.8) is 0 Å². The summed E-state index contributed by atoms with van der Waals surface area (Å²) in [4.78, 5) is 39.0. The second kappa shape index (κ2) is 10.6. The predicted molar refractivity (Wildman–Crippen MR) is 103 cm³/mol. The van der Waals surface area contributed by atoms with Gasteiger partial charge in [-0.2, -0.15) is 0 Å². The van der Waals surface area contributed by atoms with Gasteiger partial charge in [-0.3, -0.25) is 14.4 Å². The molecule has 0 aliphatic heterocycles. The molecule has 0 bridgehead atoms. The largest absolute Gasteiger partial charge is 0.352 e. The van der Waals surface area contributed by atoms with Crippen LogP contribution in [-0.2, 0) is 9.59 Å². The van der Waals surface area contributed by atoms with Gasteiger partial charge in [0.15, 0.2) is 0 Å². The standard InChI is InChI=1S/C20H31N3O3/c1-6-15(5)18(22-19(25)16-11-9-8-10-12-16)20(26)23(7-2)13-17(24)21-14(3)4/h8-12,14-15,18H,6-7,13H2,1-5H3,(H,21,24)(H,22,25). The van der Waals surface area contributed by atoms with Gasteiger partial charge < -0.3 is 15.5 Å². The molecule has 2 unspecified atom stereocenters. The summed E-state index contributed by atoms with van der Waals surface area (Å²) in [6.45, 7) is 9.86. The minimum Gasteiger partial charge on any atom is -0.352 e. The predicted octanol–water partition coefficient (Wildman–Crippen LogP) is 2.20. The van der Waals surface area contributed by atoms with E-state index in [-0.39, 0.29) is 36.2 Å². The summed E-state index contributed by atoms with van der Waals surface area (Å²) in [5.74, 6) is -0.762. The van der Waals surface area contributed by atoms with Gasteiger partial charge in [-0.1, -0.05) is 38.5 Å². The summed E-state index contributed by atoms with van der Waals surface area (Å²) in [6, 6.07) is 8.16. The van der Waals surface area contributed by atoms with Gasteiger partial charge >= 0.3 is 0 Å². The molecule has 0 saturated carbocycles. The lowest BCUT2D eigenvalue weighted by molar-refractivity contribution is -0.138. The Morgan fingerprint density at radius 1 is 1.00 bits per heavy atom.